The Hall–Kier alpha value is -1.38. The standard InChI is InChI=1S/C20H34O3/c1-15(2)9-7-11-17(5)13-19(21)23-20(22)14-18(6)12-8-10-16(3)4/h9-10,17-18H,7-8,11-14H2,1-6H3. The molecular formula is C20H34O3. The molecule has 0 N–H and O–H groups in total. The van der Waals surface area contributed by atoms with Crippen LogP contribution in [0.3, 0.4) is 0 Å². The van der Waals surface area contributed by atoms with E-state index in [9.17, 15) is 9.59 Å². The lowest BCUT2D eigenvalue weighted by atomic mass is 10.0. The van der Waals surface area contributed by atoms with E-state index in [0.29, 0.717) is 12.8 Å². The topological polar surface area (TPSA) is 43.4 Å². The lowest BCUT2D eigenvalue weighted by molar-refractivity contribution is -0.160. The first-order chi connectivity index (χ1) is 10.7. The molecule has 23 heavy (non-hydrogen) atoms. The highest BCUT2D eigenvalue weighted by atomic mass is 16.6. The van der Waals surface area contributed by atoms with Gasteiger partial charge in [-0.3, -0.25) is 9.59 Å². The Labute approximate surface area is 142 Å². The van der Waals surface area contributed by atoms with Crippen LogP contribution in [-0.2, 0) is 14.3 Å². The Morgan fingerprint density at radius 2 is 1.13 bits per heavy atom. The van der Waals surface area contributed by atoms with Gasteiger partial charge in [0.1, 0.15) is 0 Å². The average Bonchev–Trinajstić information content (AvgIpc) is 2.36. The summed E-state index contributed by atoms with van der Waals surface area (Å²) < 4.78 is 4.94. The fraction of sp³-hybridized carbons (Fsp3) is 0.700. The third kappa shape index (κ3) is 14.0. The van der Waals surface area contributed by atoms with Crippen molar-refractivity contribution in [3.8, 4) is 0 Å². The first-order valence-electron chi connectivity index (χ1n) is 8.71. The van der Waals surface area contributed by atoms with Gasteiger partial charge in [0.2, 0.25) is 0 Å². The lowest BCUT2D eigenvalue weighted by Crippen LogP contribution is -2.17. The van der Waals surface area contributed by atoms with Crippen LogP contribution in [-0.4, -0.2) is 11.9 Å². The second-order valence-corrected chi connectivity index (χ2v) is 7.18. The molecule has 3 heteroatoms. The molecule has 132 valence electrons. The van der Waals surface area contributed by atoms with Crippen molar-refractivity contribution in [1.29, 1.82) is 0 Å². The summed E-state index contributed by atoms with van der Waals surface area (Å²) in [7, 11) is 0. The predicted octanol–water partition coefficient (Wildman–Crippen LogP) is 5.60. The highest BCUT2D eigenvalue weighted by Gasteiger charge is 2.16. The molecule has 0 aromatic heterocycles. The Balaban J connectivity index is 3.98. The van der Waals surface area contributed by atoms with Crippen LogP contribution >= 0.6 is 0 Å². The first-order valence-corrected chi connectivity index (χ1v) is 8.71. The van der Waals surface area contributed by atoms with E-state index in [-0.39, 0.29) is 11.8 Å². The van der Waals surface area contributed by atoms with Crippen LogP contribution in [0.1, 0.15) is 80.1 Å². The van der Waals surface area contributed by atoms with Crippen molar-refractivity contribution in [2.45, 2.75) is 80.1 Å². The van der Waals surface area contributed by atoms with Gasteiger partial charge in [0.25, 0.3) is 0 Å². The zero-order valence-electron chi connectivity index (χ0n) is 15.8. The molecule has 0 aliphatic heterocycles. The van der Waals surface area contributed by atoms with Crippen LogP contribution in [0.15, 0.2) is 23.3 Å². The number of carbonyl (C=O) groups is 2. The molecule has 0 aliphatic carbocycles. The number of ether oxygens (including phenoxy) is 1. The molecule has 0 radical (unpaired) electrons. The fourth-order valence-electron chi connectivity index (χ4n) is 2.30. The average molecular weight is 322 g/mol. The Kier molecular flexibility index (Phi) is 11.4. The summed E-state index contributed by atoms with van der Waals surface area (Å²) in [5, 5.41) is 0. The highest BCUT2D eigenvalue weighted by Crippen LogP contribution is 2.15. The fourth-order valence-corrected chi connectivity index (χ4v) is 2.30. The highest BCUT2D eigenvalue weighted by molar-refractivity contribution is 5.85. The largest absolute Gasteiger partial charge is 0.393 e. The maximum absolute atomic E-state index is 11.8. The van der Waals surface area contributed by atoms with Gasteiger partial charge in [-0.1, -0.05) is 37.1 Å². The van der Waals surface area contributed by atoms with E-state index in [4.69, 9.17) is 4.74 Å². The summed E-state index contributed by atoms with van der Waals surface area (Å²) in [6.45, 7) is 12.3. The number of hydrogen-bond acceptors (Lipinski definition) is 3. The smallest absolute Gasteiger partial charge is 0.313 e. The lowest BCUT2D eigenvalue weighted by Gasteiger charge is -2.11. The summed E-state index contributed by atoms with van der Waals surface area (Å²) in [5.41, 5.74) is 2.58. The second-order valence-electron chi connectivity index (χ2n) is 7.18. The van der Waals surface area contributed by atoms with E-state index >= 15 is 0 Å². The predicted molar refractivity (Wildman–Crippen MR) is 96.0 cm³/mol. The van der Waals surface area contributed by atoms with Crippen LogP contribution in [0.5, 0.6) is 0 Å². The minimum absolute atomic E-state index is 0.237. The SMILES string of the molecule is CC(C)=CCCC(C)CC(=O)OC(=O)CC(C)CCC=C(C)C. The molecule has 0 amide bonds. The number of rotatable bonds is 10. The molecule has 0 saturated heterocycles. The van der Waals surface area contributed by atoms with E-state index in [1.54, 1.807) is 0 Å². The van der Waals surface area contributed by atoms with Gasteiger partial charge < -0.3 is 4.74 Å². The van der Waals surface area contributed by atoms with Gasteiger partial charge in [-0.2, -0.15) is 0 Å². The minimum atomic E-state index is -0.392. The van der Waals surface area contributed by atoms with Gasteiger partial charge in [-0.05, 0) is 65.2 Å². The van der Waals surface area contributed by atoms with Crippen molar-refractivity contribution in [2.75, 3.05) is 0 Å². The van der Waals surface area contributed by atoms with Crippen molar-refractivity contribution in [3.05, 3.63) is 23.3 Å². The van der Waals surface area contributed by atoms with Crippen LogP contribution in [0, 0.1) is 11.8 Å². The number of hydrogen-bond donors (Lipinski definition) is 0. The molecule has 0 aliphatic rings. The maximum atomic E-state index is 11.8. The Morgan fingerprint density at radius 3 is 1.43 bits per heavy atom. The van der Waals surface area contributed by atoms with Gasteiger partial charge in [0.05, 0.1) is 0 Å². The molecule has 3 nitrogen and oxygen atoms in total. The van der Waals surface area contributed by atoms with Crippen molar-refractivity contribution in [3.63, 3.8) is 0 Å². The number of allylic oxidation sites excluding steroid dienone is 4. The number of esters is 2. The normalized spacial score (nSPS) is 13.0. The quantitative estimate of drug-likeness (QED) is 0.298. The molecule has 2 atom stereocenters. The Bertz CT molecular complexity index is 384. The molecule has 0 bridgehead atoms. The molecule has 2 unspecified atom stereocenters. The molecule has 0 rings (SSSR count). The zero-order valence-corrected chi connectivity index (χ0v) is 15.8. The van der Waals surface area contributed by atoms with E-state index in [1.165, 1.54) is 11.1 Å². The van der Waals surface area contributed by atoms with Gasteiger partial charge in [0, 0.05) is 12.8 Å². The summed E-state index contributed by atoms with van der Waals surface area (Å²) in [5.74, 6) is -0.311. The maximum Gasteiger partial charge on any atom is 0.313 e. The molecule has 0 fully saturated rings. The van der Waals surface area contributed by atoms with Crippen LogP contribution in [0.25, 0.3) is 0 Å². The van der Waals surface area contributed by atoms with Crippen molar-refractivity contribution in [1.82, 2.24) is 0 Å². The summed E-state index contributed by atoms with van der Waals surface area (Å²) >= 11 is 0. The molecule has 0 spiro atoms. The van der Waals surface area contributed by atoms with Gasteiger partial charge in [-0.15, -0.1) is 0 Å². The number of carbonyl (C=O) groups excluding carboxylic acids is 2. The summed E-state index contributed by atoms with van der Waals surface area (Å²) in [4.78, 5) is 23.6. The van der Waals surface area contributed by atoms with Gasteiger partial charge >= 0.3 is 11.9 Å². The first kappa shape index (κ1) is 21.6. The van der Waals surface area contributed by atoms with Crippen molar-refractivity contribution < 1.29 is 14.3 Å². The Morgan fingerprint density at radius 1 is 0.783 bits per heavy atom. The van der Waals surface area contributed by atoms with Gasteiger partial charge in [-0.25, -0.2) is 0 Å². The zero-order chi connectivity index (χ0) is 17.8. The van der Waals surface area contributed by atoms with E-state index < -0.39 is 11.9 Å². The third-order valence-corrected chi connectivity index (χ3v) is 3.68. The van der Waals surface area contributed by atoms with E-state index in [1.807, 2.05) is 13.8 Å². The van der Waals surface area contributed by atoms with Crippen molar-refractivity contribution in [2.24, 2.45) is 11.8 Å². The van der Waals surface area contributed by atoms with E-state index in [0.717, 1.165) is 25.7 Å². The van der Waals surface area contributed by atoms with Crippen LogP contribution in [0.2, 0.25) is 0 Å². The molecule has 0 aromatic carbocycles. The van der Waals surface area contributed by atoms with E-state index in [2.05, 4.69) is 39.8 Å². The molecule has 0 aromatic rings. The van der Waals surface area contributed by atoms with Gasteiger partial charge in [0.15, 0.2) is 0 Å². The minimum Gasteiger partial charge on any atom is -0.393 e. The van der Waals surface area contributed by atoms with Crippen LogP contribution in [0.4, 0.5) is 0 Å². The summed E-state index contributed by atoms with van der Waals surface area (Å²) in [6, 6.07) is 0. The monoisotopic (exact) mass is 322 g/mol. The van der Waals surface area contributed by atoms with Crippen molar-refractivity contribution >= 4 is 11.9 Å². The van der Waals surface area contributed by atoms with Crippen LogP contribution < -0.4 is 0 Å². The summed E-state index contributed by atoms with van der Waals surface area (Å²) in [6.07, 6.45) is 8.77. The molecule has 0 saturated carbocycles. The third-order valence-electron chi connectivity index (χ3n) is 3.68. The molecular weight excluding hydrogens is 288 g/mol. The molecule has 0 heterocycles. The second kappa shape index (κ2) is 12.1.